The van der Waals surface area contributed by atoms with Crippen molar-refractivity contribution in [1.82, 2.24) is 9.88 Å². The molecule has 2 N–H and O–H groups in total. The molecule has 2 fully saturated rings. The van der Waals surface area contributed by atoms with Gasteiger partial charge in [-0.1, -0.05) is 6.07 Å². The predicted molar refractivity (Wildman–Crippen MR) is 124 cm³/mol. The standard InChI is InChI=1S/C23H32N6O3/c1-18-2-3-21(24)22(14-18)27-25-17-19-15-20(29-7-11-31-12-8-29)16-23(26-19)32-13-6-28-4-9-30-10-5-28/h2-3,14-16H,4-13,17,24H2,1H3. The molecular formula is C23H32N6O3. The number of benzene rings is 1. The third-order valence-electron chi connectivity index (χ3n) is 5.57. The maximum atomic E-state index is 6.04. The van der Waals surface area contributed by atoms with Gasteiger partial charge in [-0.3, -0.25) is 4.90 Å². The van der Waals surface area contributed by atoms with Crippen molar-refractivity contribution >= 4 is 17.1 Å². The lowest BCUT2D eigenvalue weighted by atomic mass is 10.2. The lowest BCUT2D eigenvalue weighted by Crippen LogP contribution is -2.38. The van der Waals surface area contributed by atoms with Crippen molar-refractivity contribution in [3.05, 3.63) is 41.6 Å². The zero-order valence-corrected chi connectivity index (χ0v) is 18.7. The molecule has 0 aliphatic carbocycles. The molecule has 2 aliphatic heterocycles. The first kappa shape index (κ1) is 22.4. The van der Waals surface area contributed by atoms with Gasteiger partial charge in [-0.25, -0.2) is 4.98 Å². The van der Waals surface area contributed by atoms with Crippen molar-refractivity contribution in [2.75, 3.05) is 76.4 Å². The van der Waals surface area contributed by atoms with E-state index in [1.54, 1.807) is 0 Å². The van der Waals surface area contributed by atoms with Crippen LogP contribution in [0.2, 0.25) is 0 Å². The fourth-order valence-electron chi connectivity index (χ4n) is 3.73. The van der Waals surface area contributed by atoms with Gasteiger partial charge in [0.05, 0.1) is 37.8 Å². The van der Waals surface area contributed by atoms with Crippen LogP contribution < -0.4 is 15.4 Å². The number of hydrogen-bond acceptors (Lipinski definition) is 9. The number of rotatable bonds is 8. The lowest BCUT2D eigenvalue weighted by Gasteiger charge is -2.29. The highest BCUT2D eigenvalue weighted by Crippen LogP contribution is 2.25. The van der Waals surface area contributed by atoms with E-state index < -0.39 is 0 Å². The molecule has 0 amide bonds. The van der Waals surface area contributed by atoms with Gasteiger partial charge in [-0.15, -0.1) is 0 Å². The highest BCUT2D eigenvalue weighted by molar-refractivity contribution is 5.62. The number of pyridine rings is 1. The van der Waals surface area contributed by atoms with E-state index >= 15 is 0 Å². The van der Waals surface area contributed by atoms with Crippen molar-refractivity contribution in [3.63, 3.8) is 0 Å². The summed E-state index contributed by atoms with van der Waals surface area (Å²) in [5.74, 6) is 0.613. The summed E-state index contributed by atoms with van der Waals surface area (Å²) in [6.07, 6.45) is 0. The number of aromatic nitrogens is 1. The molecule has 1 aromatic carbocycles. The zero-order chi connectivity index (χ0) is 22.2. The molecule has 32 heavy (non-hydrogen) atoms. The summed E-state index contributed by atoms with van der Waals surface area (Å²) in [5.41, 5.74) is 10.3. The minimum absolute atomic E-state index is 0.353. The van der Waals surface area contributed by atoms with Gasteiger partial charge in [-0.05, 0) is 30.7 Å². The number of nitrogens with two attached hydrogens (primary N) is 1. The quantitative estimate of drug-likeness (QED) is 0.498. The number of anilines is 2. The van der Waals surface area contributed by atoms with E-state index in [9.17, 15) is 0 Å². The molecule has 2 saturated heterocycles. The summed E-state index contributed by atoms with van der Waals surface area (Å²) >= 11 is 0. The minimum Gasteiger partial charge on any atom is -0.476 e. The number of morpholine rings is 2. The molecule has 9 nitrogen and oxygen atoms in total. The van der Waals surface area contributed by atoms with Crippen LogP contribution in [0.4, 0.5) is 17.1 Å². The number of aryl methyl sites for hydroxylation is 1. The van der Waals surface area contributed by atoms with Crippen molar-refractivity contribution in [3.8, 4) is 5.88 Å². The van der Waals surface area contributed by atoms with E-state index in [2.05, 4.69) is 31.1 Å². The van der Waals surface area contributed by atoms with Crippen molar-refractivity contribution in [2.24, 2.45) is 10.2 Å². The van der Waals surface area contributed by atoms with Gasteiger partial charge in [0.15, 0.2) is 0 Å². The average Bonchev–Trinajstić information content (AvgIpc) is 2.82. The Kier molecular flexibility index (Phi) is 7.87. The van der Waals surface area contributed by atoms with Crippen LogP contribution in [0.5, 0.6) is 5.88 Å². The van der Waals surface area contributed by atoms with Crippen LogP contribution in [0.1, 0.15) is 11.3 Å². The normalized spacial score (nSPS) is 17.7. The van der Waals surface area contributed by atoms with Gasteiger partial charge >= 0.3 is 0 Å². The highest BCUT2D eigenvalue weighted by atomic mass is 16.5. The van der Waals surface area contributed by atoms with E-state index in [0.717, 1.165) is 76.1 Å². The van der Waals surface area contributed by atoms with E-state index in [1.165, 1.54) is 0 Å². The third-order valence-corrected chi connectivity index (χ3v) is 5.57. The van der Waals surface area contributed by atoms with Gasteiger partial charge in [0.1, 0.15) is 18.8 Å². The molecule has 0 atom stereocenters. The Morgan fingerprint density at radius 2 is 1.78 bits per heavy atom. The molecule has 0 saturated carbocycles. The topological polar surface area (TPSA) is 97.8 Å². The van der Waals surface area contributed by atoms with E-state index in [0.29, 0.717) is 30.4 Å². The second-order valence-corrected chi connectivity index (χ2v) is 8.02. The van der Waals surface area contributed by atoms with Gasteiger partial charge in [0, 0.05) is 44.5 Å². The third kappa shape index (κ3) is 6.38. The van der Waals surface area contributed by atoms with Gasteiger partial charge < -0.3 is 24.8 Å². The Bertz CT molecular complexity index is 911. The maximum Gasteiger partial charge on any atom is 0.215 e. The van der Waals surface area contributed by atoms with E-state index in [-0.39, 0.29) is 0 Å². The van der Waals surface area contributed by atoms with Gasteiger partial charge in [0.25, 0.3) is 0 Å². The van der Waals surface area contributed by atoms with Crippen LogP contribution in [0.25, 0.3) is 0 Å². The highest BCUT2D eigenvalue weighted by Gasteiger charge is 2.15. The molecule has 0 radical (unpaired) electrons. The summed E-state index contributed by atoms with van der Waals surface area (Å²) in [6, 6.07) is 9.79. The van der Waals surface area contributed by atoms with Crippen LogP contribution in [0.3, 0.4) is 0 Å². The first-order chi connectivity index (χ1) is 15.7. The molecule has 172 valence electrons. The second-order valence-electron chi connectivity index (χ2n) is 8.02. The van der Waals surface area contributed by atoms with E-state index in [4.69, 9.17) is 19.9 Å². The smallest absolute Gasteiger partial charge is 0.215 e. The Labute approximate surface area is 189 Å². The van der Waals surface area contributed by atoms with E-state index in [1.807, 2.05) is 31.2 Å². The number of nitrogens with zero attached hydrogens (tertiary/aromatic N) is 5. The number of nitrogen functional groups attached to an aromatic ring is 1. The molecule has 9 heteroatoms. The van der Waals surface area contributed by atoms with Gasteiger partial charge in [0.2, 0.25) is 5.88 Å². The van der Waals surface area contributed by atoms with Crippen LogP contribution >= 0.6 is 0 Å². The Balaban J connectivity index is 1.44. The summed E-state index contributed by atoms with van der Waals surface area (Å²) in [6.45, 7) is 10.4. The summed E-state index contributed by atoms with van der Waals surface area (Å²) in [7, 11) is 0. The van der Waals surface area contributed by atoms with Crippen molar-refractivity contribution in [1.29, 1.82) is 0 Å². The Morgan fingerprint density at radius 3 is 2.56 bits per heavy atom. The molecular weight excluding hydrogens is 408 g/mol. The Morgan fingerprint density at radius 1 is 1.03 bits per heavy atom. The first-order valence-electron chi connectivity index (χ1n) is 11.2. The fraction of sp³-hybridized carbons (Fsp3) is 0.522. The molecule has 1 aromatic heterocycles. The first-order valence-corrected chi connectivity index (χ1v) is 11.2. The summed E-state index contributed by atoms with van der Waals surface area (Å²) in [5, 5.41) is 8.68. The number of ether oxygens (including phenoxy) is 3. The van der Waals surface area contributed by atoms with Crippen LogP contribution in [-0.2, 0) is 16.0 Å². The largest absolute Gasteiger partial charge is 0.476 e. The van der Waals surface area contributed by atoms with Crippen molar-refractivity contribution in [2.45, 2.75) is 13.5 Å². The Hall–Kier alpha value is -2.75. The fourth-order valence-corrected chi connectivity index (χ4v) is 3.73. The lowest BCUT2D eigenvalue weighted by molar-refractivity contribution is 0.0320. The molecule has 4 rings (SSSR count). The van der Waals surface area contributed by atoms with Crippen LogP contribution in [0, 0.1) is 6.92 Å². The average molecular weight is 441 g/mol. The summed E-state index contributed by atoms with van der Waals surface area (Å²) in [4.78, 5) is 9.31. The minimum atomic E-state index is 0.353. The molecule has 2 aromatic rings. The SMILES string of the molecule is Cc1ccc(N)c(N=NCc2cc(N3CCOCC3)cc(OCCN3CCOCC3)n2)c1. The molecule has 3 heterocycles. The van der Waals surface area contributed by atoms with Crippen LogP contribution in [-0.4, -0.2) is 75.6 Å². The molecule has 0 bridgehead atoms. The number of hydrogen-bond donors (Lipinski definition) is 1. The summed E-state index contributed by atoms with van der Waals surface area (Å²) < 4.78 is 16.9. The maximum absolute atomic E-state index is 6.04. The predicted octanol–water partition coefficient (Wildman–Crippen LogP) is 2.80. The monoisotopic (exact) mass is 440 g/mol. The zero-order valence-electron chi connectivity index (χ0n) is 18.7. The molecule has 0 unspecified atom stereocenters. The second kappa shape index (κ2) is 11.2. The van der Waals surface area contributed by atoms with Crippen LogP contribution in [0.15, 0.2) is 40.6 Å². The molecule has 2 aliphatic rings. The molecule has 0 spiro atoms. The number of azo groups is 1. The van der Waals surface area contributed by atoms with Crippen molar-refractivity contribution < 1.29 is 14.2 Å². The van der Waals surface area contributed by atoms with Gasteiger partial charge in [-0.2, -0.15) is 10.2 Å².